The number of aryl methyl sites for hydroxylation is 1. The van der Waals surface area contributed by atoms with Crippen LogP contribution in [0.3, 0.4) is 0 Å². The second kappa shape index (κ2) is 6.87. The number of rotatable bonds is 3. The van der Waals surface area contributed by atoms with Gasteiger partial charge in [-0.1, -0.05) is 17.8 Å². The van der Waals surface area contributed by atoms with E-state index in [1.807, 2.05) is 11.8 Å². The number of amidine groups is 1. The van der Waals surface area contributed by atoms with E-state index < -0.39 is 0 Å². The molecule has 3 nitrogen and oxygen atoms in total. The van der Waals surface area contributed by atoms with Gasteiger partial charge in [-0.05, 0) is 79.1 Å². The van der Waals surface area contributed by atoms with Crippen molar-refractivity contribution in [2.75, 3.05) is 30.7 Å². The molecular weight excluding hydrogens is 393 g/mol. The molecule has 21 heavy (non-hydrogen) atoms. The van der Waals surface area contributed by atoms with Crippen molar-refractivity contribution in [2.45, 2.75) is 33.2 Å². The quantitative estimate of drug-likeness (QED) is 0.756. The number of halogens is 1. The first-order valence-electron chi connectivity index (χ1n) is 7.60. The standard InChI is InChI=1S/C16H22IN3S/c1-11-9-13-10-18-16(19-15(13)14(17)12(11)2)21-8-7-20-5-3-4-6-20/h9H,3-8,10H2,1-2H3,(H,18,19). The molecule has 1 aromatic carbocycles. The van der Waals surface area contributed by atoms with Crippen LogP contribution in [0.1, 0.15) is 29.5 Å². The van der Waals surface area contributed by atoms with Gasteiger partial charge in [-0.15, -0.1) is 0 Å². The van der Waals surface area contributed by atoms with Crippen molar-refractivity contribution >= 4 is 45.2 Å². The summed E-state index contributed by atoms with van der Waals surface area (Å²) in [6.07, 6.45) is 2.74. The first-order valence-corrected chi connectivity index (χ1v) is 9.67. The van der Waals surface area contributed by atoms with Gasteiger partial charge in [-0.2, -0.15) is 0 Å². The normalized spacial score (nSPS) is 18.3. The van der Waals surface area contributed by atoms with E-state index in [0.29, 0.717) is 0 Å². The molecule has 2 aliphatic heterocycles. The van der Waals surface area contributed by atoms with Gasteiger partial charge in [0.1, 0.15) is 0 Å². The highest BCUT2D eigenvalue weighted by Gasteiger charge is 2.18. The summed E-state index contributed by atoms with van der Waals surface area (Å²) in [5.74, 6) is 1.13. The summed E-state index contributed by atoms with van der Waals surface area (Å²) in [5, 5.41) is 4.63. The van der Waals surface area contributed by atoms with Gasteiger partial charge in [0.05, 0.1) is 12.2 Å². The Morgan fingerprint density at radius 3 is 2.86 bits per heavy atom. The second-order valence-corrected chi connectivity index (χ2v) is 7.97. The average Bonchev–Trinajstić information content (AvgIpc) is 2.99. The lowest BCUT2D eigenvalue weighted by Gasteiger charge is -2.22. The number of hydrogen-bond donors (Lipinski definition) is 1. The van der Waals surface area contributed by atoms with Crippen LogP contribution in [0.4, 0.5) is 5.69 Å². The summed E-state index contributed by atoms with van der Waals surface area (Å²) < 4.78 is 1.34. The molecule has 1 fully saturated rings. The number of nitrogens with zero attached hydrogens (tertiary/aromatic N) is 2. The number of likely N-dealkylation sites (tertiary alicyclic amines) is 1. The van der Waals surface area contributed by atoms with Crippen molar-refractivity contribution in [1.29, 1.82) is 0 Å². The molecule has 2 heterocycles. The number of aliphatic imine (C=N–C) groups is 1. The Morgan fingerprint density at radius 1 is 1.33 bits per heavy atom. The van der Waals surface area contributed by atoms with E-state index in [-0.39, 0.29) is 0 Å². The fourth-order valence-corrected chi connectivity index (χ4v) is 4.65. The first-order chi connectivity index (χ1) is 10.1. The van der Waals surface area contributed by atoms with Gasteiger partial charge >= 0.3 is 0 Å². The molecule has 0 aliphatic carbocycles. The molecule has 114 valence electrons. The van der Waals surface area contributed by atoms with E-state index in [9.17, 15) is 0 Å². The number of fused-ring (bicyclic) bond motifs is 1. The third-order valence-electron chi connectivity index (χ3n) is 4.32. The molecule has 0 amide bonds. The number of anilines is 1. The van der Waals surface area contributed by atoms with Gasteiger partial charge in [0, 0.05) is 15.9 Å². The smallest absolute Gasteiger partial charge is 0.161 e. The van der Waals surface area contributed by atoms with Crippen LogP contribution < -0.4 is 5.32 Å². The van der Waals surface area contributed by atoms with Crippen LogP contribution in [0.2, 0.25) is 0 Å². The zero-order chi connectivity index (χ0) is 14.8. The molecule has 0 atom stereocenters. The lowest BCUT2D eigenvalue weighted by Crippen LogP contribution is -2.24. The van der Waals surface area contributed by atoms with Crippen molar-refractivity contribution in [3.63, 3.8) is 0 Å². The maximum absolute atomic E-state index is 4.69. The van der Waals surface area contributed by atoms with E-state index >= 15 is 0 Å². The lowest BCUT2D eigenvalue weighted by molar-refractivity contribution is 0.362. The van der Waals surface area contributed by atoms with Crippen molar-refractivity contribution in [2.24, 2.45) is 4.99 Å². The topological polar surface area (TPSA) is 27.6 Å². The van der Waals surface area contributed by atoms with Crippen LogP contribution in [-0.4, -0.2) is 35.5 Å². The van der Waals surface area contributed by atoms with Gasteiger partial charge < -0.3 is 10.2 Å². The van der Waals surface area contributed by atoms with Crippen LogP contribution in [0.15, 0.2) is 11.1 Å². The van der Waals surface area contributed by atoms with Crippen molar-refractivity contribution < 1.29 is 0 Å². The van der Waals surface area contributed by atoms with Gasteiger partial charge in [0.25, 0.3) is 0 Å². The van der Waals surface area contributed by atoms with Crippen molar-refractivity contribution in [1.82, 2.24) is 4.90 Å². The highest BCUT2D eigenvalue weighted by Crippen LogP contribution is 2.32. The van der Waals surface area contributed by atoms with Gasteiger partial charge in [-0.3, -0.25) is 4.99 Å². The summed E-state index contributed by atoms with van der Waals surface area (Å²) in [4.78, 5) is 7.25. The van der Waals surface area contributed by atoms with E-state index in [1.54, 1.807) is 0 Å². The van der Waals surface area contributed by atoms with Gasteiger partial charge in [-0.25, -0.2) is 0 Å². The van der Waals surface area contributed by atoms with Crippen LogP contribution in [0, 0.1) is 17.4 Å². The minimum atomic E-state index is 0.811. The Balaban J connectivity index is 1.61. The Bertz CT molecular complexity index is 565. The molecule has 0 radical (unpaired) electrons. The fourth-order valence-electron chi connectivity index (χ4n) is 2.87. The molecular formula is C16H22IN3S. The summed E-state index contributed by atoms with van der Waals surface area (Å²) in [5.41, 5.74) is 5.34. The zero-order valence-electron chi connectivity index (χ0n) is 12.7. The molecule has 5 heteroatoms. The minimum absolute atomic E-state index is 0.811. The largest absolute Gasteiger partial charge is 0.334 e. The number of benzene rings is 1. The maximum atomic E-state index is 4.69. The minimum Gasteiger partial charge on any atom is -0.334 e. The Labute approximate surface area is 145 Å². The monoisotopic (exact) mass is 415 g/mol. The third-order valence-corrected chi connectivity index (χ3v) is 6.56. The Hall–Kier alpha value is -0.270. The van der Waals surface area contributed by atoms with Crippen molar-refractivity contribution in [3.05, 3.63) is 26.3 Å². The molecule has 0 saturated carbocycles. The predicted octanol–water partition coefficient (Wildman–Crippen LogP) is 4.02. The third kappa shape index (κ3) is 3.56. The van der Waals surface area contributed by atoms with E-state index in [4.69, 9.17) is 4.99 Å². The van der Waals surface area contributed by atoms with Crippen LogP contribution in [-0.2, 0) is 6.54 Å². The SMILES string of the molecule is Cc1cc2c(c(I)c1C)NC(SCCN1CCCC1)=NC2. The van der Waals surface area contributed by atoms with E-state index in [1.165, 1.54) is 58.4 Å². The molecule has 1 aromatic rings. The summed E-state index contributed by atoms with van der Waals surface area (Å²) in [7, 11) is 0. The van der Waals surface area contributed by atoms with Crippen molar-refractivity contribution in [3.8, 4) is 0 Å². The summed E-state index contributed by atoms with van der Waals surface area (Å²) in [6, 6.07) is 2.27. The summed E-state index contributed by atoms with van der Waals surface area (Å²) >= 11 is 4.32. The molecule has 1 N–H and O–H groups in total. The predicted molar refractivity (Wildman–Crippen MR) is 102 cm³/mol. The second-order valence-electron chi connectivity index (χ2n) is 5.81. The Kier molecular flexibility index (Phi) is 5.11. The van der Waals surface area contributed by atoms with E-state index in [2.05, 4.69) is 52.7 Å². The molecule has 0 spiro atoms. The molecule has 1 saturated heterocycles. The molecule has 0 aromatic heterocycles. The molecule has 0 bridgehead atoms. The Morgan fingerprint density at radius 2 is 2.10 bits per heavy atom. The van der Waals surface area contributed by atoms with Crippen LogP contribution >= 0.6 is 34.4 Å². The molecule has 2 aliphatic rings. The van der Waals surface area contributed by atoms with Crippen LogP contribution in [0.25, 0.3) is 0 Å². The summed E-state index contributed by atoms with van der Waals surface area (Å²) in [6.45, 7) is 8.93. The zero-order valence-corrected chi connectivity index (χ0v) is 15.7. The lowest BCUT2D eigenvalue weighted by atomic mass is 10.0. The fraction of sp³-hybridized carbons (Fsp3) is 0.562. The van der Waals surface area contributed by atoms with Gasteiger partial charge in [0.2, 0.25) is 0 Å². The molecule has 0 unspecified atom stereocenters. The number of nitrogens with one attached hydrogen (secondary N) is 1. The highest BCUT2D eigenvalue weighted by atomic mass is 127. The van der Waals surface area contributed by atoms with Crippen LogP contribution in [0.5, 0.6) is 0 Å². The maximum Gasteiger partial charge on any atom is 0.161 e. The first kappa shape index (κ1) is 15.6. The molecule has 3 rings (SSSR count). The average molecular weight is 415 g/mol. The van der Waals surface area contributed by atoms with Gasteiger partial charge in [0.15, 0.2) is 5.17 Å². The number of hydrogen-bond acceptors (Lipinski definition) is 4. The highest BCUT2D eigenvalue weighted by molar-refractivity contribution is 14.1. The number of thioether (sulfide) groups is 1. The van der Waals surface area contributed by atoms with E-state index in [0.717, 1.165) is 17.5 Å².